The lowest BCUT2D eigenvalue weighted by atomic mass is 9.96. The molecule has 0 aliphatic heterocycles. The highest BCUT2D eigenvalue weighted by Crippen LogP contribution is 2.39. The average Bonchev–Trinajstić information content (AvgIpc) is 2.43. The number of hydrogen-bond acceptors (Lipinski definition) is 3. The molecule has 0 saturated heterocycles. The first-order valence-corrected chi connectivity index (χ1v) is 6.43. The van der Waals surface area contributed by atoms with Gasteiger partial charge >= 0.3 is 0 Å². The highest BCUT2D eigenvalue weighted by atomic mass is 16.3. The molecule has 0 heterocycles. The van der Waals surface area contributed by atoms with Crippen molar-refractivity contribution in [3.63, 3.8) is 0 Å². The second kappa shape index (κ2) is 5.22. The van der Waals surface area contributed by atoms with Gasteiger partial charge in [0.25, 0.3) is 0 Å². The van der Waals surface area contributed by atoms with Crippen LogP contribution in [0.15, 0.2) is 30.3 Å². The zero-order chi connectivity index (χ0) is 14.0. The standard InChI is InChI=1S/C16H18O3/c1-3-10-5-6-12(7-11(10)4-2)13-8-14(17)16(19)15(18)9-13/h5-9,17-19H,3-4H2,1-2H3. The first-order chi connectivity index (χ1) is 9.06. The molecule has 2 aromatic carbocycles. The van der Waals surface area contributed by atoms with Crippen LogP contribution in [0.5, 0.6) is 17.2 Å². The Bertz CT molecular complexity index is 580. The van der Waals surface area contributed by atoms with Crippen molar-refractivity contribution in [3.8, 4) is 28.4 Å². The maximum absolute atomic E-state index is 9.56. The molecule has 0 radical (unpaired) electrons. The van der Waals surface area contributed by atoms with Crippen molar-refractivity contribution in [3.05, 3.63) is 41.5 Å². The lowest BCUT2D eigenvalue weighted by molar-refractivity contribution is 0.368. The maximum Gasteiger partial charge on any atom is 0.200 e. The van der Waals surface area contributed by atoms with Gasteiger partial charge in [-0.3, -0.25) is 0 Å². The van der Waals surface area contributed by atoms with Gasteiger partial charge in [-0.1, -0.05) is 32.0 Å². The summed E-state index contributed by atoms with van der Waals surface area (Å²) in [5.41, 5.74) is 4.16. The van der Waals surface area contributed by atoms with Gasteiger partial charge in [-0.05, 0) is 47.2 Å². The normalized spacial score (nSPS) is 10.6. The van der Waals surface area contributed by atoms with Crippen molar-refractivity contribution in [2.75, 3.05) is 0 Å². The highest BCUT2D eigenvalue weighted by Gasteiger charge is 2.10. The molecule has 0 amide bonds. The Hall–Kier alpha value is -2.16. The first kappa shape index (κ1) is 13.3. The molecule has 0 aromatic heterocycles. The van der Waals surface area contributed by atoms with E-state index in [0.717, 1.165) is 18.4 Å². The molecule has 3 heteroatoms. The van der Waals surface area contributed by atoms with Gasteiger partial charge in [0, 0.05) is 0 Å². The van der Waals surface area contributed by atoms with Crippen LogP contribution in [-0.4, -0.2) is 15.3 Å². The number of phenols is 3. The smallest absolute Gasteiger partial charge is 0.200 e. The van der Waals surface area contributed by atoms with E-state index in [1.165, 1.54) is 23.3 Å². The highest BCUT2D eigenvalue weighted by molar-refractivity contribution is 5.71. The summed E-state index contributed by atoms with van der Waals surface area (Å²) in [6.07, 6.45) is 1.92. The van der Waals surface area contributed by atoms with Crippen molar-refractivity contribution in [2.45, 2.75) is 26.7 Å². The summed E-state index contributed by atoms with van der Waals surface area (Å²) < 4.78 is 0. The van der Waals surface area contributed by atoms with Crippen LogP contribution in [0.1, 0.15) is 25.0 Å². The Labute approximate surface area is 112 Å². The second-order valence-electron chi connectivity index (χ2n) is 4.55. The third kappa shape index (κ3) is 2.50. The van der Waals surface area contributed by atoms with E-state index < -0.39 is 5.75 Å². The van der Waals surface area contributed by atoms with Gasteiger partial charge in [0.1, 0.15) is 0 Å². The lowest BCUT2D eigenvalue weighted by Crippen LogP contribution is -1.91. The van der Waals surface area contributed by atoms with Crippen LogP contribution in [0.25, 0.3) is 11.1 Å². The van der Waals surface area contributed by atoms with E-state index in [1.54, 1.807) is 0 Å². The summed E-state index contributed by atoms with van der Waals surface area (Å²) in [7, 11) is 0. The van der Waals surface area contributed by atoms with Gasteiger partial charge in [-0.2, -0.15) is 0 Å². The summed E-state index contributed by atoms with van der Waals surface area (Å²) in [6.45, 7) is 4.22. The van der Waals surface area contributed by atoms with Crippen LogP contribution in [0, 0.1) is 0 Å². The van der Waals surface area contributed by atoms with Gasteiger partial charge in [-0.25, -0.2) is 0 Å². The fourth-order valence-electron chi connectivity index (χ4n) is 2.25. The van der Waals surface area contributed by atoms with Crippen molar-refractivity contribution < 1.29 is 15.3 Å². The van der Waals surface area contributed by atoms with E-state index >= 15 is 0 Å². The van der Waals surface area contributed by atoms with Crippen LogP contribution >= 0.6 is 0 Å². The van der Waals surface area contributed by atoms with E-state index in [2.05, 4.69) is 26.0 Å². The molecule has 3 nitrogen and oxygen atoms in total. The van der Waals surface area contributed by atoms with E-state index in [9.17, 15) is 15.3 Å². The lowest BCUT2D eigenvalue weighted by Gasteiger charge is -2.10. The Morgan fingerprint density at radius 3 is 1.84 bits per heavy atom. The zero-order valence-electron chi connectivity index (χ0n) is 11.1. The van der Waals surface area contributed by atoms with E-state index in [4.69, 9.17) is 0 Å². The van der Waals surface area contributed by atoms with Crippen molar-refractivity contribution in [1.29, 1.82) is 0 Å². The average molecular weight is 258 g/mol. The summed E-state index contributed by atoms with van der Waals surface area (Å²) in [4.78, 5) is 0. The van der Waals surface area contributed by atoms with Gasteiger partial charge in [0.05, 0.1) is 0 Å². The third-order valence-electron chi connectivity index (χ3n) is 3.37. The number of aryl methyl sites for hydroxylation is 2. The van der Waals surface area contributed by atoms with Crippen molar-refractivity contribution in [1.82, 2.24) is 0 Å². The summed E-state index contributed by atoms with van der Waals surface area (Å²) in [5, 5.41) is 28.5. The third-order valence-corrected chi connectivity index (χ3v) is 3.37. The number of rotatable bonds is 3. The molecule has 0 fully saturated rings. The molecule has 2 aromatic rings. The van der Waals surface area contributed by atoms with E-state index in [1.807, 2.05) is 6.07 Å². The summed E-state index contributed by atoms with van der Waals surface area (Å²) in [5.74, 6) is -1.11. The van der Waals surface area contributed by atoms with Crippen LogP contribution in [0.2, 0.25) is 0 Å². The van der Waals surface area contributed by atoms with E-state index in [0.29, 0.717) is 5.56 Å². The summed E-state index contributed by atoms with van der Waals surface area (Å²) in [6, 6.07) is 8.99. The SMILES string of the molecule is CCc1ccc(-c2cc(O)c(O)c(O)c2)cc1CC. The molecular weight excluding hydrogens is 240 g/mol. The number of aromatic hydroxyl groups is 3. The Balaban J connectivity index is 2.53. The predicted molar refractivity (Wildman–Crippen MR) is 75.6 cm³/mol. The van der Waals surface area contributed by atoms with Gasteiger partial charge in [0.2, 0.25) is 0 Å². The predicted octanol–water partition coefficient (Wildman–Crippen LogP) is 3.60. The Kier molecular flexibility index (Phi) is 3.65. The van der Waals surface area contributed by atoms with Crippen LogP contribution < -0.4 is 0 Å². The van der Waals surface area contributed by atoms with Crippen LogP contribution in [-0.2, 0) is 12.8 Å². The van der Waals surface area contributed by atoms with Crippen molar-refractivity contribution >= 4 is 0 Å². The molecule has 0 atom stereocenters. The largest absolute Gasteiger partial charge is 0.504 e. The molecule has 0 spiro atoms. The molecule has 2 rings (SSSR count). The molecule has 3 N–H and O–H groups in total. The number of benzene rings is 2. The minimum absolute atomic E-state index is 0.312. The number of phenolic OH excluding ortho intramolecular Hbond substituents is 3. The van der Waals surface area contributed by atoms with Crippen LogP contribution in [0.4, 0.5) is 0 Å². The van der Waals surface area contributed by atoms with Crippen LogP contribution in [0.3, 0.4) is 0 Å². The molecular formula is C16H18O3. The molecule has 19 heavy (non-hydrogen) atoms. The van der Waals surface area contributed by atoms with Crippen molar-refractivity contribution in [2.24, 2.45) is 0 Å². The monoisotopic (exact) mass is 258 g/mol. The van der Waals surface area contributed by atoms with Gasteiger partial charge in [-0.15, -0.1) is 0 Å². The maximum atomic E-state index is 9.56. The Morgan fingerprint density at radius 2 is 1.32 bits per heavy atom. The fraction of sp³-hybridized carbons (Fsp3) is 0.250. The van der Waals surface area contributed by atoms with E-state index in [-0.39, 0.29) is 11.5 Å². The quantitative estimate of drug-likeness (QED) is 0.737. The minimum Gasteiger partial charge on any atom is -0.504 e. The molecule has 100 valence electrons. The topological polar surface area (TPSA) is 60.7 Å². The second-order valence-corrected chi connectivity index (χ2v) is 4.55. The Morgan fingerprint density at radius 1 is 0.737 bits per heavy atom. The molecule has 0 saturated carbocycles. The zero-order valence-corrected chi connectivity index (χ0v) is 11.1. The van der Waals surface area contributed by atoms with Gasteiger partial charge in [0.15, 0.2) is 17.2 Å². The molecule has 0 bridgehead atoms. The summed E-state index contributed by atoms with van der Waals surface area (Å²) >= 11 is 0. The molecule has 0 aliphatic carbocycles. The first-order valence-electron chi connectivity index (χ1n) is 6.43. The molecule has 0 aliphatic rings. The molecule has 0 unspecified atom stereocenters. The number of hydrogen-bond donors (Lipinski definition) is 3. The fourth-order valence-corrected chi connectivity index (χ4v) is 2.25. The minimum atomic E-state index is -0.482. The van der Waals surface area contributed by atoms with Gasteiger partial charge < -0.3 is 15.3 Å².